The van der Waals surface area contributed by atoms with Gasteiger partial charge in [-0.2, -0.15) is 0 Å². The van der Waals surface area contributed by atoms with Gasteiger partial charge in [-0.15, -0.1) is 0 Å². The van der Waals surface area contributed by atoms with E-state index in [0.29, 0.717) is 11.6 Å². The number of nitrogens with one attached hydrogen (secondary N) is 1. The van der Waals surface area contributed by atoms with E-state index in [-0.39, 0.29) is 0 Å². The van der Waals surface area contributed by atoms with Crippen molar-refractivity contribution in [2.75, 3.05) is 39.3 Å². The summed E-state index contributed by atoms with van der Waals surface area (Å²) >= 11 is 0. The Kier molecular flexibility index (Phi) is 4.20. The van der Waals surface area contributed by atoms with Gasteiger partial charge in [0.1, 0.15) is 0 Å². The van der Waals surface area contributed by atoms with Gasteiger partial charge in [-0.1, -0.05) is 36.4 Å². The second-order valence-electron chi connectivity index (χ2n) is 7.00. The quantitative estimate of drug-likeness (QED) is 0.637. The van der Waals surface area contributed by atoms with Gasteiger partial charge in [0.2, 0.25) is 5.90 Å². The lowest BCUT2D eigenvalue weighted by Crippen LogP contribution is -2.50. The van der Waals surface area contributed by atoms with Crippen molar-refractivity contribution in [3.05, 3.63) is 59.9 Å². The fourth-order valence-corrected chi connectivity index (χ4v) is 3.76. The summed E-state index contributed by atoms with van der Waals surface area (Å²) in [5.74, 6) is 0.965. The van der Waals surface area contributed by atoms with Crippen LogP contribution in [-0.2, 0) is 9.53 Å². The molecule has 1 saturated heterocycles. The van der Waals surface area contributed by atoms with Crippen LogP contribution in [0.3, 0.4) is 0 Å². The predicted molar refractivity (Wildman–Crippen MR) is 108 cm³/mol. The number of hydrogen-bond acceptors (Lipinski definition) is 7. The number of esters is 1. The SMILES string of the molecule is O=C1OC(c2cccc3ccccc23)=NC1=CN1CCN(C2=NCCN2)CC1. The molecule has 0 radical (unpaired) electrons. The number of hydrogen-bond donors (Lipinski definition) is 1. The molecule has 7 heteroatoms. The topological polar surface area (TPSA) is 69.5 Å². The summed E-state index contributed by atoms with van der Waals surface area (Å²) in [6.45, 7) is 5.12. The number of rotatable bonds is 2. The van der Waals surface area contributed by atoms with Crippen molar-refractivity contribution in [3.63, 3.8) is 0 Å². The summed E-state index contributed by atoms with van der Waals surface area (Å²) in [6.07, 6.45) is 1.82. The van der Waals surface area contributed by atoms with Crippen molar-refractivity contribution in [3.8, 4) is 0 Å². The molecule has 142 valence electrons. The predicted octanol–water partition coefficient (Wildman–Crippen LogP) is 1.56. The van der Waals surface area contributed by atoms with Crippen LogP contribution in [0.15, 0.2) is 64.3 Å². The van der Waals surface area contributed by atoms with Crippen LogP contribution in [0, 0.1) is 0 Å². The first-order valence-corrected chi connectivity index (χ1v) is 9.56. The first kappa shape index (κ1) is 16.8. The normalized spacial score (nSPS) is 21.0. The minimum absolute atomic E-state index is 0.354. The summed E-state index contributed by atoms with van der Waals surface area (Å²) in [5.41, 5.74) is 1.19. The van der Waals surface area contributed by atoms with Crippen LogP contribution in [0.5, 0.6) is 0 Å². The molecule has 5 rings (SSSR count). The van der Waals surface area contributed by atoms with Crippen LogP contribution in [0.4, 0.5) is 0 Å². The Morgan fingerprint density at radius 2 is 1.86 bits per heavy atom. The van der Waals surface area contributed by atoms with Crippen molar-refractivity contribution < 1.29 is 9.53 Å². The van der Waals surface area contributed by atoms with E-state index in [1.54, 1.807) is 0 Å². The molecular weight excluding hydrogens is 354 g/mol. The number of ether oxygens (including phenoxy) is 1. The molecule has 3 heterocycles. The van der Waals surface area contributed by atoms with E-state index < -0.39 is 5.97 Å². The maximum Gasteiger partial charge on any atom is 0.365 e. The molecule has 0 bridgehead atoms. The Hall–Kier alpha value is -3.35. The monoisotopic (exact) mass is 375 g/mol. The number of guanidine groups is 1. The molecule has 3 aliphatic rings. The van der Waals surface area contributed by atoms with E-state index in [1.807, 2.05) is 48.7 Å². The number of carbonyl (C=O) groups excluding carboxylic acids is 1. The summed E-state index contributed by atoms with van der Waals surface area (Å²) in [6, 6.07) is 13.9. The van der Waals surface area contributed by atoms with Gasteiger partial charge in [0.05, 0.1) is 6.54 Å². The lowest BCUT2D eigenvalue weighted by Gasteiger charge is -2.35. The lowest BCUT2D eigenvalue weighted by atomic mass is 10.0. The number of cyclic esters (lactones) is 1. The van der Waals surface area contributed by atoms with Gasteiger partial charge >= 0.3 is 5.97 Å². The highest BCUT2D eigenvalue weighted by molar-refractivity contribution is 6.16. The molecule has 1 N–H and O–H groups in total. The first-order valence-electron chi connectivity index (χ1n) is 9.56. The number of piperazine rings is 1. The molecule has 0 amide bonds. The second kappa shape index (κ2) is 6.99. The molecule has 1 fully saturated rings. The zero-order chi connectivity index (χ0) is 18.9. The summed E-state index contributed by atoms with van der Waals surface area (Å²) in [4.78, 5) is 25.7. The molecule has 2 aromatic carbocycles. The van der Waals surface area contributed by atoms with E-state index in [1.165, 1.54) is 0 Å². The Bertz CT molecular complexity index is 1010. The van der Waals surface area contributed by atoms with Gasteiger partial charge in [-0.3, -0.25) is 4.99 Å². The van der Waals surface area contributed by atoms with E-state index in [0.717, 1.165) is 61.6 Å². The van der Waals surface area contributed by atoms with Crippen molar-refractivity contribution in [2.24, 2.45) is 9.98 Å². The maximum absolute atomic E-state index is 12.4. The second-order valence-corrected chi connectivity index (χ2v) is 7.00. The van der Waals surface area contributed by atoms with Gasteiger partial charge in [0, 0.05) is 44.5 Å². The summed E-state index contributed by atoms with van der Waals surface area (Å²) in [5, 5.41) is 5.42. The first-order chi connectivity index (χ1) is 13.8. The van der Waals surface area contributed by atoms with Crippen molar-refractivity contribution >= 4 is 28.6 Å². The van der Waals surface area contributed by atoms with Crippen LogP contribution in [0.25, 0.3) is 10.8 Å². The Labute approximate surface area is 163 Å². The molecule has 0 aliphatic carbocycles. The average molecular weight is 375 g/mol. The van der Waals surface area contributed by atoms with E-state index in [2.05, 4.69) is 25.1 Å². The number of aliphatic imine (C=N–C) groups is 2. The standard InChI is InChI=1S/C21H21N5O2/c27-20-18(14-25-10-12-26(13-11-25)21-22-8-9-23-21)24-19(28-20)17-7-3-5-15-4-1-2-6-16(15)17/h1-7,14H,8-13H2,(H,22,23). The van der Waals surface area contributed by atoms with E-state index >= 15 is 0 Å². The molecule has 0 atom stereocenters. The maximum atomic E-state index is 12.4. The van der Waals surface area contributed by atoms with Gasteiger partial charge in [0.15, 0.2) is 11.7 Å². The van der Waals surface area contributed by atoms with Crippen LogP contribution in [-0.4, -0.2) is 66.9 Å². The fraction of sp³-hybridized carbons (Fsp3) is 0.286. The van der Waals surface area contributed by atoms with Gasteiger partial charge in [-0.25, -0.2) is 9.79 Å². The van der Waals surface area contributed by atoms with Crippen LogP contribution < -0.4 is 5.32 Å². The minimum Gasteiger partial charge on any atom is -0.402 e. The molecule has 2 aromatic rings. The van der Waals surface area contributed by atoms with Gasteiger partial charge in [-0.05, 0) is 16.8 Å². The highest BCUT2D eigenvalue weighted by atomic mass is 16.6. The zero-order valence-corrected chi connectivity index (χ0v) is 15.5. The lowest BCUT2D eigenvalue weighted by molar-refractivity contribution is -0.130. The number of fused-ring (bicyclic) bond motifs is 1. The van der Waals surface area contributed by atoms with Gasteiger partial charge in [0.25, 0.3) is 0 Å². The van der Waals surface area contributed by atoms with E-state index in [9.17, 15) is 4.79 Å². The summed E-state index contributed by atoms with van der Waals surface area (Å²) < 4.78 is 5.49. The van der Waals surface area contributed by atoms with Crippen LogP contribution >= 0.6 is 0 Å². The molecule has 7 nitrogen and oxygen atoms in total. The van der Waals surface area contributed by atoms with Gasteiger partial charge < -0.3 is 19.9 Å². The molecule has 0 unspecified atom stereocenters. The largest absolute Gasteiger partial charge is 0.402 e. The molecule has 28 heavy (non-hydrogen) atoms. The molecular formula is C21H21N5O2. The smallest absolute Gasteiger partial charge is 0.365 e. The molecule has 0 aromatic heterocycles. The summed E-state index contributed by atoms with van der Waals surface area (Å²) in [7, 11) is 0. The number of nitrogens with zero attached hydrogens (tertiary/aromatic N) is 4. The minimum atomic E-state index is -0.396. The fourth-order valence-electron chi connectivity index (χ4n) is 3.76. The molecule has 3 aliphatic heterocycles. The Morgan fingerprint density at radius 3 is 2.68 bits per heavy atom. The third kappa shape index (κ3) is 3.09. The van der Waals surface area contributed by atoms with Crippen molar-refractivity contribution in [1.82, 2.24) is 15.1 Å². The van der Waals surface area contributed by atoms with Crippen LogP contribution in [0.1, 0.15) is 5.56 Å². The highest BCUT2D eigenvalue weighted by Gasteiger charge is 2.27. The third-order valence-electron chi connectivity index (χ3n) is 5.22. The third-order valence-corrected chi connectivity index (χ3v) is 5.22. The number of carbonyl (C=O) groups is 1. The zero-order valence-electron chi connectivity index (χ0n) is 15.5. The van der Waals surface area contributed by atoms with Crippen molar-refractivity contribution in [2.45, 2.75) is 0 Å². The Morgan fingerprint density at radius 1 is 1.04 bits per heavy atom. The highest BCUT2D eigenvalue weighted by Crippen LogP contribution is 2.24. The average Bonchev–Trinajstić information content (AvgIpc) is 3.39. The van der Waals surface area contributed by atoms with Crippen LogP contribution in [0.2, 0.25) is 0 Å². The molecule has 0 saturated carbocycles. The van der Waals surface area contributed by atoms with E-state index in [4.69, 9.17) is 4.74 Å². The Balaban J connectivity index is 1.35. The molecule has 0 spiro atoms. The van der Waals surface area contributed by atoms with Crippen molar-refractivity contribution in [1.29, 1.82) is 0 Å². The number of benzene rings is 2.